The van der Waals surface area contributed by atoms with Gasteiger partial charge in [-0.2, -0.15) is 0 Å². The van der Waals surface area contributed by atoms with Gasteiger partial charge in [-0.05, 0) is 49.9 Å². The maximum atomic E-state index is 13.9. The van der Waals surface area contributed by atoms with E-state index in [0.717, 1.165) is 10.0 Å². The van der Waals surface area contributed by atoms with Crippen molar-refractivity contribution in [3.63, 3.8) is 0 Å². The van der Waals surface area contributed by atoms with Crippen molar-refractivity contribution in [1.29, 1.82) is 0 Å². The van der Waals surface area contributed by atoms with Crippen LogP contribution in [-0.4, -0.2) is 61.5 Å². The van der Waals surface area contributed by atoms with E-state index in [0.29, 0.717) is 5.57 Å². The Balaban J connectivity index is 3.30. The number of ether oxygens (including phenoxy) is 1. The zero-order valence-electron chi connectivity index (χ0n) is 24.4. The molecule has 0 fully saturated rings. The molecule has 7 nitrogen and oxygen atoms in total. The minimum absolute atomic E-state index is 0.0380. The third-order valence-corrected chi connectivity index (χ3v) is 7.29. The number of halogens is 1. The third-order valence-electron chi connectivity index (χ3n) is 6.76. The SMILES string of the molecule is CCOC(=O)C(C)=C[C@H](C(C)C)N(C)C(=O)[C@@H](NC(=O)C(NC)C(C)(C)c1ccc(Br)cc1)C(C)(C)C. The summed E-state index contributed by atoms with van der Waals surface area (Å²) in [5.41, 5.74) is 0.350. The van der Waals surface area contributed by atoms with E-state index in [1.807, 2.05) is 72.7 Å². The molecule has 0 heterocycles. The van der Waals surface area contributed by atoms with E-state index in [-0.39, 0.29) is 30.4 Å². The van der Waals surface area contributed by atoms with Crippen LogP contribution >= 0.6 is 15.9 Å². The molecule has 1 rings (SSSR count). The molecule has 0 aliphatic heterocycles. The summed E-state index contributed by atoms with van der Waals surface area (Å²) in [6.07, 6.45) is 1.77. The van der Waals surface area contributed by atoms with Crippen molar-refractivity contribution >= 4 is 33.7 Å². The summed E-state index contributed by atoms with van der Waals surface area (Å²) in [5.74, 6) is -0.835. The number of rotatable bonds is 11. The van der Waals surface area contributed by atoms with Crippen LogP contribution in [0.2, 0.25) is 0 Å². The summed E-state index contributed by atoms with van der Waals surface area (Å²) in [7, 11) is 3.47. The zero-order valence-corrected chi connectivity index (χ0v) is 25.9. The first-order chi connectivity index (χ1) is 17.0. The summed E-state index contributed by atoms with van der Waals surface area (Å²) in [4.78, 5) is 41.3. The molecule has 2 amide bonds. The van der Waals surface area contributed by atoms with E-state index < -0.39 is 28.9 Å². The van der Waals surface area contributed by atoms with Gasteiger partial charge in [0.1, 0.15) is 6.04 Å². The first-order valence-electron chi connectivity index (χ1n) is 12.8. The topological polar surface area (TPSA) is 87.7 Å². The van der Waals surface area contributed by atoms with Gasteiger partial charge in [-0.15, -0.1) is 0 Å². The first-order valence-corrected chi connectivity index (χ1v) is 13.6. The zero-order chi connectivity index (χ0) is 28.7. The number of amides is 2. The molecular weight excluding hydrogens is 534 g/mol. The van der Waals surface area contributed by atoms with Crippen molar-refractivity contribution in [1.82, 2.24) is 15.5 Å². The lowest BCUT2D eigenvalue weighted by molar-refractivity contribution is -0.141. The molecule has 0 saturated heterocycles. The molecule has 0 bridgehead atoms. The van der Waals surface area contributed by atoms with Gasteiger partial charge in [0, 0.05) is 22.5 Å². The molecule has 0 aliphatic carbocycles. The van der Waals surface area contributed by atoms with Crippen LogP contribution in [0.4, 0.5) is 0 Å². The predicted octanol–water partition coefficient (Wildman–Crippen LogP) is 4.84. The molecular formula is C29H46BrN3O4. The van der Waals surface area contributed by atoms with E-state index >= 15 is 0 Å². The standard InChI is InChI=1S/C29H46BrN3O4/c1-12-37-27(36)19(4)17-22(18(2)3)33(11)26(35)24(28(5,6)7)32-25(34)23(31-10)29(8,9)20-13-15-21(30)16-14-20/h13-18,22-24,31H,12H2,1-11H3,(H,32,34)/t22-,23?,24-/m1/s1. The summed E-state index contributed by atoms with van der Waals surface area (Å²) >= 11 is 3.46. The number of esters is 1. The normalized spacial score (nSPS) is 15.1. The van der Waals surface area contributed by atoms with Crippen LogP contribution in [0.25, 0.3) is 0 Å². The van der Waals surface area contributed by atoms with E-state index in [1.165, 1.54) is 0 Å². The van der Waals surface area contributed by atoms with Crippen LogP contribution in [0.5, 0.6) is 0 Å². The maximum absolute atomic E-state index is 13.9. The van der Waals surface area contributed by atoms with Crippen molar-refractivity contribution in [3.05, 3.63) is 46.0 Å². The molecule has 3 atom stereocenters. The predicted molar refractivity (Wildman–Crippen MR) is 153 cm³/mol. The average molecular weight is 581 g/mol. The third kappa shape index (κ3) is 8.67. The van der Waals surface area contributed by atoms with Crippen LogP contribution in [0.15, 0.2) is 40.4 Å². The molecule has 8 heteroatoms. The summed E-state index contributed by atoms with van der Waals surface area (Å²) in [6, 6.07) is 6.19. The lowest BCUT2D eigenvalue weighted by atomic mass is 9.76. The van der Waals surface area contributed by atoms with E-state index in [1.54, 1.807) is 38.9 Å². The highest BCUT2D eigenvalue weighted by Crippen LogP contribution is 2.30. The molecule has 1 aromatic carbocycles. The van der Waals surface area contributed by atoms with Crippen LogP contribution < -0.4 is 10.6 Å². The van der Waals surface area contributed by atoms with Crippen molar-refractivity contribution < 1.29 is 19.1 Å². The highest BCUT2D eigenvalue weighted by atomic mass is 79.9. The Hall–Kier alpha value is -2.19. The van der Waals surface area contributed by atoms with Gasteiger partial charge in [0.2, 0.25) is 11.8 Å². The monoisotopic (exact) mass is 579 g/mol. The van der Waals surface area contributed by atoms with Gasteiger partial charge in [-0.25, -0.2) is 4.79 Å². The Morgan fingerprint density at radius 2 is 1.59 bits per heavy atom. The minimum Gasteiger partial charge on any atom is -0.463 e. The largest absolute Gasteiger partial charge is 0.463 e. The van der Waals surface area contributed by atoms with Gasteiger partial charge >= 0.3 is 5.97 Å². The number of likely N-dealkylation sites (N-methyl/N-ethyl adjacent to an activating group) is 2. The molecule has 0 aromatic heterocycles. The molecule has 0 radical (unpaired) electrons. The Labute approximate surface area is 231 Å². The number of carbonyl (C=O) groups excluding carboxylic acids is 3. The van der Waals surface area contributed by atoms with E-state index in [4.69, 9.17) is 4.74 Å². The Morgan fingerprint density at radius 3 is 2.03 bits per heavy atom. The quantitative estimate of drug-likeness (QED) is 0.289. The minimum atomic E-state index is -0.779. The molecule has 0 spiro atoms. The van der Waals surface area contributed by atoms with Crippen LogP contribution in [0.3, 0.4) is 0 Å². The van der Waals surface area contributed by atoms with Gasteiger partial charge < -0.3 is 20.3 Å². The molecule has 1 unspecified atom stereocenters. The molecule has 208 valence electrons. The maximum Gasteiger partial charge on any atom is 0.333 e. The lowest BCUT2D eigenvalue weighted by Gasteiger charge is -2.40. The van der Waals surface area contributed by atoms with Gasteiger partial charge in [-0.3, -0.25) is 9.59 Å². The Kier molecular flexibility index (Phi) is 12.0. The van der Waals surface area contributed by atoms with Gasteiger partial charge in [0.15, 0.2) is 0 Å². The van der Waals surface area contributed by atoms with Crippen LogP contribution in [0.1, 0.15) is 67.9 Å². The number of hydrogen-bond acceptors (Lipinski definition) is 5. The van der Waals surface area contributed by atoms with Crippen molar-refractivity contribution in [3.8, 4) is 0 Å². The fourth-order valence-electron chi connectivity index (χ4n) is 4.41. The van der Waals surface area contributed by atoms with Gasteiger partial charge in [0.25, 0.3) is 0 Å². The second kappa shape index (κ2) is 13.6. The number of nitrogens with one attached hydrogen (secondary N) is 2. The summed E-state index contributed by atoms with van der Waals surface area (Å²) in [5, 5.41) is 6.21. The van der Waals surface area contributed by atoms with Crippen molar-refractivity contribution in [2.24, 2.45) is 11.3 Å². The highest BCUT2D eigenvalue weighted by molar-refractivity contribution is 9.10. The number of carbonyl (C=O) groups is 3. The lowest BCUT2D eigenvalue weighted by Crippen LogP contribution is -2.61. The second-order valence-electron chi connectivity index (χ2n) is 11.5. The highest BCUT2D eigenvalue weighted by Gasteiger charge is 2.41. The molecule has 0 saturated carbocycles. The second-order valence-corrected chi connectivity index (χ2v) is 12.4. The smallest absolute Gasteiger partial charge is 0.333 e. The van der Waals surface area contributed by atoms with E-state index in [9.17, 15) is 14.4 Å². The Bertz CT molecular complexity index is 964. The Morgan fingerprint density at radius 1 is 1.05 bits per heavy atom. The summed E-state index contributed by atoms with van der Waals surface area (Å²) in [6.45, 7) is 17.5. The fourth-order valence-corrected chi connectivity index (χ4v) is 4.68. The molecule has 1 aromatic rings. The van der Waals surface area contributed by atoms with Gasteiger partial charge in [-0.1, -0.05) is 82.6 Å². The number of benzene rings is 1. The molecule has 0 aliphatic rings. The summed E-state index contributed by atoms with van der Waals surface area (Å²) < 4.78 is 6.08. The van der Waals surface area contributed by atoms with Gasteiger partial charge in [0.05, 0.1) is 18.7 Å². The average Bonchev–Trinajstić information content (AvgIpc) is 2.79. The van der Waals surface area contributed by atoms with Crippen molar-refractivity contribution in [2.75, 3.05) is 20.7 Å². The molecule has 2 N–H and O–H groups in total. The number of hydrogen-bond donors (Lipinski definition) is 2. The number of nitrogens with zero attached hydrogens (tertiary/aromatic N) is 1. The van der Waals surface area contributed by atoms with Crippen LogP contribution in [0, 0.1) is 11.3 Å². The molecule has 37 heavy (non-hydrogen) atoms. The fraction of sp³-hybridized carbons (Fsp3) is 0.621. The van der Waals surface area contributed by atoms with Crippen LogP contribution in [-0.2, 0) is 24.5 Å². The van der Waals surface area contributed by atoms with E-state index in [2.05, 4.69) is 26.6 Å². The van der Waals surface area contributed by atoms with Crippen molar-refractivity contribution in [2.45, 2.75) is 85.9 Å². The first kappa shape index (κ1) is 32.8.